The summed E-state index contributed by atoms with van der Waals surface area (Å²) in [6.07, 6.45) is -3.83. The summed E-state index contributed by atoms with van der Waals surface area (Å²) >= 11 is 0. The molecule has 1 atom stereocenters. The maximum atomic E-state index is 12.2. The van der Waals surface area contributed by atoms with Gasteiger partial charge in [-0.3, -0.25) is 4.79 Å². The molecule has 1 rings (SSSR count). The van der Waals surface area contributed by atoms with Gasteiger partial charge in [-0.25, -0.2) is 9.97 Å². The smallest absolute Gasteiger partial charge is 0.433 e. The molecule has 0 aliphatic heterocycles. The maximum Gasteiger partial charge on any atom is 0.433 e. The first-order valence-corrected chi connectivity index (χ1v) is 3.71. The predicted octanol–water partition coefficient (Wildman–Crippen LogP) is 1.00. The fourth-order valence-corrected chi connectivity index (χ4v) is 0.792. The van der Waals surface area contributed by atoms with Crippen LogP contribution in [-0.2, 0) is 11.0 Å². The molecule has 0 aliphatic carbocycles. The number of aliphatic carboxylic acids is 1. The zero-order chi connectivity index (χ0) is 11.6. The van der Waals surface area contributed by atoms with E-state index in [4.69, 9.17) is 10.8 Å². The molecule has 16 heavy (non-hydrogen) atoms. The number of carbonyl (C=O) groups is 1. The summed E-state index contributed by atoms with van der Waals surface area (Å²) in [6, 6.07) is -1.02. The third-order valence-corrected chi connectivity index (χ3v) is 1.51. The van der Waals surface area contributed by atoms with Gasteiger partial charge in [0, 0.05) is 6.20 Å². The van der Waals surface area contributed by atoms with Crippen LogP contribution in [-0.4, -0.2) is 21.0 Å². The quantitative estimate of drug-likeness (QED) is 0.825. The number of nitrogens with zero attached hydrogens (tertiary/aromatic N) is 2. The second-order valence-corrected chi connectivity index (χ2v) is 2.61. The first-order valence-electron chi connectivity index (χ1n) is 3.71. The number of alkyl halides is 3. The lowest BCUT2D eigenvalue weighted by Crippen LogP contribution is -2.24. The van der Waals surface area contributed by atoms with Crippen molar-refractivity contribution in [3.63, 3.8) is 0 Å². The van der Waals surface area contributed by atoms with E-state index >= 15 is 0 Å². The van der Waals surface area contributed by atoms with E-state index in [0.29, 0.717) is 6.07 Å². The molecular weight excluding hydrogens is 251 g/mol. The Labute approximate surface area is 93.9 Å². The highest BCUT2D eigenvalue weighted by molar-refractivity contribution is 5.85. The van der Waals surface area contributed by atoms with Gasteiger partial charge in [-0.1, -0.05) is 0 Å². The van der Waals surface area contributed by atoms with Crippen molar-refractivity contribution in [3.05, 3.63) is 23.8 Å². The van der Waals surface area contributed by atoms with Crippen LogP contribution in [0.3, 0.4) is 0 Å². The molecule has 90 valence electrons. The SMILES string of the molecule is Cl.NC(C(=O)O)c1nccc(C(F)(F)F)n1. The number of rotatable bonds is 2. The molecule has 0 radical (unpaired) electrons. The number of nitrogens with two attached hydrogens (primary N) is 1. The molecule has 9 heteroatoms. The van der Waals surface area contributed by atoms with Crippen molar-refractivity contribution in [3.8, 4) is 0 Å². The minimum absolute atomic E-state index is 0. The number of carboxylic acid groups (broad SMARTS) is 1. The largest absolute Gasteiger partial charge is 0.480 e. The summed E-state index contributed by atoms with van der Waals surface area (Å²) in [6.45, 7) is 0. The minimum Gasteiger partial charge on any atom is -0.480 e. The van der Waals surface area contributed by atoms with Crippen molar-refractivity contribution in [2.24, 2.45) is 5.73 Å². The summed E-state index contributed by atoms with van der Waals surface area (Å²) in [5.74, 6) is -2.06. The van der Waals surface area contributed by atoms with E-state index in [9.17, 15) is 18.0 Å². The first kappa shape index (κ1) is 14.6. The molecule has 1 unspecified atom stereocenters. The fraction of sp³-hybridized carbons (Fsp3) is 0.286. The van der Waals surface area contributed by atoms with E-state index in [1.807, 2.05) is 0 Å². The van der Waals surface area contributed by atoms with Crippen molar-refractivity contribution in [1.82, 2.24) is 9.97 Å². The third-order valence-electron chi connectivity index (χ3n) is 1.51. The molecule has 0 spiro atoms. The number of hydrogen-bond acceptors (Lipinski definition) is 4. The van der Waals surface area contributed by atoms with Crippen LogP contribution in [0.2, 0.25) is 0 Å². The summed E-state index contributed by atoms with van der Waals surface area (Å²) < 4.78 is 36.5. The van der Waals surface area contributed by atoms with Crippen LogP contribution >= 0.6 is 12.4 Å². The average molecular weight is 258 g/mol. The van der Waals surface area contributed by atoms with E-state index in [1.54, 1.807) is 0 Å². The molecule has 3 N–H and O–H groups in total. The van der Waals surface area contributed by atoms with E-state index in [1.165, 1.54) is 0 Å². The lowest BCUT2D eigenvalue weighted by atomic mass is 10.3. The Morgan fingerprint density at radius 2 is 2.06 bits per heavy atom. The molecule has 5 nitrogen and oxygen atoms in total. The summed E-state index contributed by atoms with van der Waals surface area (Å²) in [5.41, 5.74) is 3.84. The van der Waals surface area contributed by atoms with Crippen LogP contribution in [0.4, 0.5) is 13.2 Å². The normalized spacial score (nSPS) is 12.8. The number of aromatic nitrogens is 2. The van der Waals surface area contributed by atoms with Gasteiger partial charge in [-0.05, 0) is 6.07 Å². The molecule has 1 heterocycles. The molecule has 0 amide bonds. The molecule has 0 aromatic carbocycles. The number of hydrogen-bond donors (Lipinski definition) is 2. The van der Waals surface area contributed by atoms with Gasteiger partial charge in [-0.2, -0.15) is 13.2 Å². The van der Waals surface area contributed by atoms with Crippen LogP contribution in [0.15, 0.2) is 12.3 Å². The maximum absolute atomic E-state index is 12.2. The third kappa shape index (κ3) is 3.31. The van der Waals surface area contributed by atoms with Crippen LogP contribution in [0.1, 0.15) is 17.6 Å². The second-order valence-electron chi connectivity index (χ2n) is 2.61. The molecular formula is C7H7ClF3N3O2. The van der Waals surface area contributed by atoms with Crippen molar-refractivity contribution in [1.29, 1.82) is 0 Å². The Balaban J connectivity index is 0.00000225. The molecule has 0 bridgehead atoms. The highest BCUT2D eigenvalue weighted by atomic mass is 35.5. The average Bonchev–Trinajstić information content (AvgIpc) is 2.15. The number of carboxylic acids is 1. The lowest BCUT2D eigenvalue weighted by Gasteiger charge is -2.08. The Morgan fingerprint density at radius 1 is 1.50 bits per heavy atom. The van der Waals surface area contributed by atoms with E-state index in [-0.39, 0.29) is 12.4 Å². The van der Waals surface area contributed by atoms with E-state index in [0.717, 1.165) is 6.20 Å². The van der Waals surface area contributed by atoms with E-state index in [2.05, 4.69) is 9.97 Å². The van der Waals surface area contributed by atoms with Gasteiger partial charge >= 0.3 is 12.1 Å². The highest BCUT2D eigenvalue weighted by Gasteiger charge is 2.33. The zero-order valence-electron chi connectivity index (χ0n) is 7.60. The molecule has 0 saturated heterocycles. The minimum atomic E-state index is -4.64. The molecule has 1 aromatic heterocycles. The van der Waals surface area contributed by atoms with Crippen molar-refractivity contribution in [2.75, 3.05) is 0 Å². The van der Waals surface area contributed by atoms with Gasteiger partial charge in [0.15, 0.2) is 11.9 Å². The van der Waals surface area contributed by atoms with Gasteiger partial charge in [0.2, 0.25) is 0 Å². The Hall–Kier alpha value is -1.41. The van der Waals surface area contributed by atoms with Crippen molar-refractivity contribution >= 4 is 18.4 Å². The van der Waals surface area contributed by atoms with Crippen molar-refractivity contribution < 1.29 is 23.1 Å². The predicted molar refractivity (Wildman–Crippen MR) is 48.8 cm³/mol. The van der Waals surface area contributed by atoms with Gasteiger partial charge < -0.3 is 10.8 Å². The molecule has 0 aliphatic rings. The Bertz CT molecular complexity index is 385. The Morgan fingerprint density at radius 3 is 2.50 bits per heavy atom. The van der Waals surface area contributed by atoms with Gasteiger partial charge in [0.1, 0.15) is 5.69 Å². The van der Waals surface area contributed by atoms with Crippen molar-refractivity contribution in [2.45, 2.75) is 12.2 Å². The molecule has 1 aromatic rings. The van der Waals surface area contributed by atoms with Crippen LogP contribution < -0.4 is 5.73 Å². The first-order chi connectivity index (χ1) is 6.82. The van der Waals surface area contributed by atoms with Crippen LogP contribution in [0.5, 0.6) is 0 Å². The van der Waals surface area contributed by atoms with Gasteiger partial charge in [-0.15, -0.1) is 12.4 Å². The van der Waals surface area contributed by atoms with Crippen LogP contribution in [0, 0.1) is 0 Å². The summed E-state index contributed by atoms with van der Waals surface area (Å²) in [5, 5.41) is 8.44. The zero-order valence-corrected chi connectivity index (χ0v) is 8.42. The standard InChI is InChI=1S/C7H6F3N3O2.ClH/c8-7(9,10)3-1-2-12-5(13-3)4(11)6(14)15;/h1-2,4H,11H2,(H,14,15);1H. The number of halogens is 4. The fourth-order valence-electron chi connectivity index (χ4n) is 0.792. The Kier molecular flexibility index (Phi) is 4.63. The summed E-state index contributed by atoms with van der Waals surface area (Å²) in [7, 11) is 0. The summed E-state index contributed by atoms with van der Waals surface area (Å²) in [4.78, 5) is 16.8. The monoisotopic (exact) mass is 257 g/mol. The molecule has 0 fully saturated rings. The van der Waals surface area contributed by atoms with Crippen LogP contribution in [0.25, 0.3) is 0 Å². The van der Waals surface area contributed by atoms with E-state index < -0.39 is 29.7 Å². The highest BCUT2D eigenvalue weighted by Crippen LogP contribution is 2.27. The molecule has 0 saturated carbocycles. The second kappa shape index (κ2) is 5.08. The van der Waals surface area contributed by atoms with Gasteiger partial charge in [0.25, 0.3) is 0 Å². The topological polar surface area (TPSA) is 89.1 Å². The lowest BCUT2D eigenvalue weighted by molar-refractivity contribution is -0.143. The van der Waals surface area contributed by atoms with Gasteiger partial charge in [0.05, 0.1) is 0 Å².